The van der Waals surface area contributed by atoms with Gasteiger partial charge in [0.25, 0.3) is 5.91 Å². The molecule has 2 atom stereocenters. The first-order valence-corrected chi connectivity index (χ1v) is 9.79. The summed E-state index contributed by atoms with van der Waals surface area (Å²) in [7, 11) is -4.00. The number of rotatable bonds is 6. The molecule has 0 aliphatic carbocycles. The molecule has 144 valence electrons. The van der Waals surface area contributed by atoms with Gasteiger partial charge in [-0.2, -0.15) is 0 Å². The molecule has 7 nitrogen and oxygen atoms in total. The number of sulfonamides is 1. The fourth-order valence-corrected chi connectivity index (χ4v) is 3.66. The molecule has 0 saturated heterocycles. The Morgan fingerprint density at radius 2 is 1.70 bits per heavy atom. The Kier molecular flexibility index (Phi) is 6.02. The fraction of sp³-hybridized carbons (Fsp3) is 0.263. The second-order valence-corrected chi connectivity index (χ2v) is 7.98. The number of nitrogens with two attached hydrogens (primary N) is 1. The van der Waals surface area contributed by atoms with Crippen molar-refractivity contribution >= 4 is 21.9 Å². The molecular formula is C19H22N2O5S. The van der Waals surface area contributed by atoms with Crippen LogP contribution in [0.1, 0.15) is 40.0 Å². The van der Waals surface area contributed by atoms with Crippen molar-refractivity contribution in [3.05, 3.63) is 64.7 Å². The maximum absolute atomic E-state index is 12.8. The van der Waals surface area contributed by atoms with Gasteiger partial charge in [-0.15, -0.1) is 0 Å². The summed E-state index contributed by atoms with van der Waals surface area (Å²) in [6.07, 6.45) is 0. The van der Waals surface area contributed by atoms with Gasteiger partial charge >= 0.3 is 5.97 Å². The maximum atomic E-state index is 12.8. The van der Waals surface area contributed by atoms with Gasteiger partial charge in [-0.05, 0) is 49.6 Å². The smallest absolute Gasteiger partial charge is 0.308 e. The van der Waals surface area contributed by atoms with Crippen LogP contribution >= 0.6 is 0 Å². The summed E-state index contributed by atoms with van der Waals surface area (Å²) in [6, 6.07) is 10.7. The number of aliphatic carboxylic acids is 1. The minimum absolute atomic E-state index is 0.0978. The number of carboxylic acid groups (broad SMARTS) is 1. The number of amides is 1. The van der Waals surface area contributed by atoms with Gasteiger partial charge < -0.3 is 10.4 Å². The fourth-order valence-electron chi connectivity index (χ4n) is 2.78. The molecule has 0 bridgehead atoms. The highest BCUT2D eigenvalue weighted by molar-refractivity contribution is 7.89. The summed E-state index contributed by atoms with van der Waals surface area (Å²) in [5.74, 6) is -2.53. The van der Waals surface area contributed by atoms with E-state index in [2.05, 4.69) is 5.32 Å². The molecule has 8 heteroatoms. The molecule has 27 heavy (non-hydrogen) atoms. The Hall–Kier alpha value is -2.71. The number of carbonyl (C=O) groups excluding carboxylic acids is 1. The highest BCUT2D eigenvalue weighted by Crippen LogP contribution is 2.24. The Morgan fingerprint density at radius 1 is 1.11 bits per heavy atom. The van der Waals surface area contributed by atoms with Gasteiger partial charge in [0, 0.05) is 5.56 Å². The zero-order chi connectivity index (χ0) is 20.4. The molecule has 2 unspecified atom stereocenters. The van der Waals surface area contributed by atoms with E-state index in [1.54, 1.807) is 50.2 Å². The van der Waals surface area contributed by atoms with E-state index >= 15 is 0 Å². The van der Waals surface area contributed by atoms with E-state index in [0.717, 1.165) is 0 Å². The molecule has 4 N–H and O–H groups in total. The zero-order valence-electron chi connectivity index (χ0n) is 15.3. The van der Waals surface area contributed by atoms with Crippen molar-refractivity contribution in [2.75, 3.05) is 0 Å². The molecular weight excluding hydrogens is 368 g/mol. The molecule has 0 aliphatic rings. The van der Waals surface area contributed by atoms with Crippen molar-refractivity contribution in [3.63, 3.8) is 0 Å². The van der Waals surface area contributed by atoms with Crippen LogP contribution in [0.5, 0.6) is 0 Å². The van der Waals surface area contributed by atoms with Crippen LogP contribution in [0.3, 0.4) is 0 Å². The number of carboxylic acids is 1. The van der Waals surface area contributed by atoms with Crippen molar-refractivity contribution in [2.24, 2.45) is 11.1 Å². The van der Waals surface area contributed by atoms with E-state index in [-0.39, 0.29) is 10.5 Å². The van der Waals surface area contributed by atoms with Crippen LogP contribution in [0, 0.1) is 19.8 Å². The van der Waals surface area contributed by atoms with Gasteiger partial charge in [0.1, 0.15) is 0 Å². The lowest BCUT2D eigenvalue weighted by atomic mass is 9.94. The van der Waals surface area contributed by atoms with E-state index in [4.69, 9.17) is 5.14 Å². The minimum atomic E-state index is -4.00. The van der Waals surface area contributed by atoms with E-state index < -0.39 is 33.9 Å². The molecule has 0 fully saturated rings. The largest absolute Gasteiger partial charge is 0.481 e. The molecule has 0 saturated carbocycles. The third-order valence-electron chi connectivity index (χ3n) is 4.52. The third kappa shape index (κ3) is 4.72. The average molecular weight is 390 g/mol. The lowest BCUT2D eigenvalue weighted by Gasteiger charge is -2.23. The standard InChI is InChI=1S/C19H22N2O5S/c1-11-9-15(10-16(12(11)2)27(20,25)26)18(22)21-17(13(3)19(23)24)14-7-5-4-6-8-14/h4-10,13,17H,1-3H3,(H,21,22)(H,23,24)(H2,20,25,26). The Labute approximate surface area is 158 Å². The molecule has 2 aromatic carbocycles. The van der Waals surface area contributed by atoms with E-state index in [9.17, 15) is 23.1 Å². The number of nitrogens with one attached hydrogen (secondary N) is 1. The first-order valence-electron chi connectivity index (χ1n) is 8.25. The highest BCUT2D eigenvalue weighted by Gasteiger charge is 2.28. The molecule has 2 rings (SSSR count). The molecule has 0 spiro atoms. The lowest BCUT2D eigenvalue weighted by molar-refractivity contribution is -0.142. The maximum Gasteiger partial charge on any atom is 0.308 e. The summed E-state index contributed by atoms with van der Waals surface area (Å²) >= 11 is 0. The first-order chi connectivity index (χ1) is 12.5. The normalized spacial score (nSPS) is 13.6. The van der Waals surface area contributed by atoms with Crippen LogP contribution in [0.4, 0.5) is 0 Å². The average Bonchev–Trinajstić information content (AvgIpc) is 2.60. The van der Waals surface area contributed by atoms with Crippen molar-refractivity contribution in [1.82, 2.24) is 5.32 Å². The second kappa shape index (κ2) is 7.89. The van der Waals surface area contributed by atoms with Crippen molar-refractivity contribution in [3.8, 4) is 0 Å². The van der Waals surface area contributed by atoms with Crippen LogP contribution in [0.15, 0.2) is 47.4 Å². The number of hydrogen-bond donors (Lipinski definition) is 3. The summed E-state index contributed by atoms with van der Waals surface area (Å²) in [5.41, 5.74) is 1.79. The number of aryl methyl sites for hydroxylation is 1. The SMILES string of the molecule is Cc1cc(C(=O)NC(c2ccccc2)C(C)C(=O)O)cc(S(N)(=O)=O)c1C. The molecule has 2 aromatic rings. The van der Waals surface area contributed by atoms with Crippen LogP contribution in [0.2, 0.25) is 0 Å². The predicted molar refractivity (Wildman–Crippen MR) is 101 cm³/mol. The Bertz CT molecular complexity index is 971. The number of hydrogen-bond acceptors (Lipinski definition) is 4. The topological polar surface area (TPSA) is 127 Å². The minimum Gasteiger partial charge on any atom is -0.481 e. The lowest BCUT2D eigenvalue weighted by Crippen LogP contribution is -2.35. The first kappa shape index (κ1) is 20.6. The quantitative estimate of drug-likeness (QED) is 0.696. The Morgan fingerprint density at radius 3 is 2.22 bits per heavy atom. The monoisotopic (exact) mass is 390 g/mol. The van der Waals surface area contributed by atoms with Crippen LogP contribution in [-0.2, 0) is 14.8 Å². The second-order valence-electron chi connectivity index (χ2n) is 6.45. The van der Waals surface area contributed by atoms with Gasteiger partial charge in [0.15, 0.2) is 0 Å². The number of primary sulfonamides is 1. The summed E-state index contributed by atoms with van der Waals surface area (Å²) < 4.78 is 23.6. The van der Waals surface area contributed by atoms with Gasteiger partial charge in [-0.25, -0.2) is 13.6 Å². The number of benzene rings is 2. The van der Waals surface area contributed by atoms with Crippen LogP contribution < -0.4 is 10.5 Å². The predicted octanol–water partition coefficient (Wildman–Crippen LogP) is 2.14. The summed E-state index contributed by atoms with van der Waals surface area (Å²) in [5, 5.41) is 17.3. The zero-order valence-corrected chi connectivity index (χ0v) is 16.1. The summed E-state index contributed by atoms with van der Waals surface area (Å²) in [6.45, 7) is 4.78. The van der Waals surface area contributed by atoms with Gasteiger partial charge in [0.2, 0.25) is 10.0 Å². The van der Waals surface area contributed by atoms with Crippen LogP contribution in [0.25, 0.3) is 0 Å². The van der Waals surface area contributed by atoms with Gasteiger partial charge in [-0.1, -0.05) is 30.3 Å². The molecule has 0 aliphatic heterocycles. The van der Waals surface area contributed by atoms with Crippen LogP contribution in [-0.4, -0.2) is 25.4 Å². The van der Waals surface area contributed by atoms with E-state index in [1.165, 1.54) is 13.0 Å². The van der Waals surface area contributed by atoms with E-state index in [1.807, 2.05) is 0 Å². The third-order valence-corrected chi connectivity index (χ3v) is 5.56. The molecule has 1 amide bonds. The van der Waals surface area contributed by atoms with Gasteiger partial charge in [-0.3, -0.25) is 9.59 Å². The summed E-state index contributed by atoms with van der Waals surface area (Å²) in [4.78, 5) is 24.1. The van der Waals surface area contributed by atoms with E-state index in [0.29, 0.717) is 16.7 Å². The highest BCUT2D eigenvalue weighted by atomic mass is 32.2. The molecule has 0 aromatic heterocycles. The molecule has 0 heterocycles. The van der Waals surface area contributed by atoms with Gasteiger partial charge in [0.05, 0.1) is 16.9 Å². The van der Waals surface area contributed by atoms with Crippen molar-refractivity contribution in [1.29, 1.82) is 0 Å². The van der Waals surface area contributed by atoms with Crippen molar-refractivity contribution < 1.29 is 23.1 Å². The Balaban J connectivity index is 2.44. The van der Waals surface area contributed by atoms with Crippen molar-refractivity contribution in [2.45, 2.75) is 31.7 Å². The molecule has 0 radical (unpaired) electrons. The number of carbonyl (C=O) groups is 2.